The Labute approximate surface area is 195 Å². The van der Waals surface area contributed by atoms with E-state index in [0.717, 1.165) is 10.6 Å². The summed E-state index contributed by atoms with van der Waals surface area (Å²) < 4.78 is 36.9. The highest BCUT2D eigenvalue weighted by atomic mass is 35.5. The maximum absolute atomic E-state index is 12.7. The number of benzene rings is 2. The molecule has 0 aliphatic carbocycles. The number of nitrogens with zero attached hydrogens (tertiary/aromatic N) is 1. The van der Waals surface area contributed by atoms with Gasteiger partial charge in [0.2, 0.25) is 15.9 Å². The minimum atomic E-state index is -3.80. The number of rotatable bonds is 9. The van der Waals surface area contributed by atoms with Crippen molar-refractivity contribution in [2.45, 2.75) is 39.2 Å². The molecule has 0 unspecified atom stereocenters. The van der Waals surface area contributed by atoms with E-state index in [9.17, 15) is 13.2 Å². The number of amides is 1. The number of nitrogens with one attached hydrogen (secondary N) is 1. The molecule has 1 amide bonds. The molecule has 32 heavy (non-hydrogen) atoms. The van der Waals surface area contributed by atoms with Gasteiger partial charge in [0.25, 0.3) is 0 Å². The second-order valence-electron chi connectivity index (χ2n) is 8.46. The predicted octanol–water partition coefficient (Wildman–Crippen LogP) is 4.00. The summed E-state index contributed by atoms with van der Waals surface area (Å²) in [5.41, 5.74) is 1.45. The summed E-state index contributed by atoms with van der Waals surface area (Å²) in [6.07, 6.45) is 1.03. The lowest BCUT2D eigenvalue weighted by atomic mass is 9.87. The topological polar surface area (TPSA) is 84.9 Å². The lowest BCUT2D eigenvalue weighted by Gasteiger charge is -2.29. The van der Waals surface area contributed by atoms with Crippen LogP contribution in [0.25, 0.3) is 0 Å². The van der Waals surface area contributed by atoms with E-state index in [0.29, 0.717) is 16.5 Å². The van der Waals surface area contributed by atoms with Crippen LogP contribution in [-0.4, -0.2) is 46.9 Å². The van der Waals surface area contributed by atoms with Gasteiger partial charge in [-0.2, -0.15) is 0 Å². The summed E-state index contributed by atoms with van der Waals surface area (Å²) in [6, 6.07) is 11.4. The number of ether oxygens (including phenoxy) is 2. The van der Waals surface area contributed by atoms with Gasteiger partial charge in [-0.25, -0.2) is 8.42 Å². The SMILES string of the molecule is COc1ccc(Cl)cc1N([C@@H](C)C(=O)NCCOc1ccc(C(C)(C)C)cc1)S(C)(=O)=O. The van der Waals surface area contributed by atoms with Crippen LogP contribution in [0.2, 0.25) is 5.02 Å². The van der Waals surface area contributed by atoms with Gasteiger partial charge in [-0.05, 0) is 48.2 Å². The van der Waals surface area contributed by atoms with E-state index < -0.39 is 22.0 Å². The van der Waals surface area contributed by atoms with Gasteiger partial charge in [0.15, 0.2) is 0 Å². The molecule has 9 heteroatoms. The fourth-order valence-corrected chi connectivity index (χ4v) is 4.49. The first kappa shape index (κ1) is 25.8. The average Bonchev–Trinajstić information content (AvgIpc) is 2.70. The highest BCUT2D eigenvalue weighted by Gasteiger charge is 2.31. The standard InChI is InChI=1S/C23H31ClN2O5S/c1-16(26(32(6,28)29)20-15-18(24)9-12-21(20)30-5)22(27)25-13-14-31-19-10-7-17(8-11-19)23(2,3)4/h7-12,15-16H,13-14H2,1-6H3,(H,25,27)/t16-/m0/s1. The zero-order valence-corrected chi connectivity index (χ0v) is 20.9. The minimum absolute atomic E-state index is 0.0554. The molecule has 2 aromatic rings. The summed E-state index contributed by atoms with van der Waals surface area (Å²) in [7, 11) is -2.38. The molecule has 0 spiro atoms. The fraction of sp³-hybridized carbons (Fsp3) is 0.435. The van der Waals surface area contributed by atoms with Crippen LogP contribution in [0.3, 0.4) is 0 Å². The van der Waals surface area contributed by atoms with Crippen LogP contribution in [0.5, 0.6) is 11.5 Å². The second-order valence-corrected chi connectivity index (χ2v) is 10.8. The molecule has 1 atom stereocenters. The number of hydrogen-bond donors (Lipinski definition) is 1. The van der Waals surface area contributed by atoms with E-state index in [2.05, 4.69) is 26.1 Å². The molecule has 0 saturated carbocycles. The Kier molecular flexibility index (Phi) is 8.42. The van der Waals surface area contributed by atoms with Gasteiger partial charge in [0.1, 0.15) is 24.1 Å². The predicted molar refractivity (Wildman–Crippen MR) is 128 cm³/mol. The van der Waals surface area contributed by atoms with Crippen LogP contribution in [0, 0.1) is 0 Å². The quantitative estimate of drug-likeness (QED) is 0.546. The average molecular weight is 483 g/mol. The third kappa shape index (κ3) is 6.77. The largest absolute Gasteiger partial charge is 0.495 e. The van der Waals surface area contributed by atoms with Crippen molar-refractivity contribution in [3.8, 4) is 11.5 Å². The number of anilines is 1. The van der Waals surface area contributed by atoms with E-state index in [1.165, 1.54) is 25.7 Å². The fourth-order valence-electron chi connectivity index (χ4n) is 3.16. The monoisotopic (exact) mass is 482 g/mol. The zero-order chi connectivity index (χ0) is 24.1. The van der Waals surface area contributed by atoms with Crippen molar-refractivity contribution in [1.29, 1.82) is 0 Å². The van der Waals surface area contributed by atoms with E-state index in [-0.39, 0.29) is 24.3 Å². The van der Waals surface area contributed by atoms with Gasteiger partial charge in [-0.15, -0.1) is 0 Å². The molecule has 0 heterocycles. The summed E-state index contributed by atoms with van der Waals surface area (Å²) in [4.78, 5) is 12.7. The number of hydrogen-bond acceptors (Lipinski definition) is 5. The van der Waals surface area contributed by atoms with E-state index in [1.807, 2.05) is 24.3 Å². The Morgan fingerprint density at radius 1 is 1.16 bits per heavy atom. The van der Waals surface area contributed by atoms with Crippen LogP contribution >= 0.6 is 11.6 Å². The number of methoxy groups -OCH3 is 1. The van der Waals surface area contributed by atoms with Gasteiger partial charge < -0.3 is 14.8 Å². The van der Waals surface area contributed by atoms with E-state index >= 15 is 0 Å². The Bertz CT molecular complexity index is 1030. The molecular weight excluding hydrogens is 452 g/mol. The number of halogens is 1. The van der Waals surface area contributed by atoms with Gasteiger partial charge in [-0.3, -0.25) is 9.10 Å². The molecule has 0 aromatic heterocycles. The van der Waals surface area contributed by atoms with Gasteiger partial charge in [-0.1, -0.05) is 44.5 Å². The second kappa shape index (κ2) is 10.4. The zero-order valence-electron chi connectivity index (χ0n) is 19.3. The van der Waals surface area contributed by atoms with Crippen molar-refractivity contribution >= 4 is 33.2 Å². The van der Waals surface area contributed by atoms with Crippen molar-refractivity contribution in [3.63, 3.8) is 0 Å². The highest BCUT2D eigenvalue weighted by Crippen LogP contribution is 2.34. The maximum Gasteiger partial charge on any atom is 0.243 e. The highest BCUT2D eigenvalue weighted by molar-refractivity contribution is 7.92. The summed E-state index contributed by atoms with van der Waals surface area (Å²) in [5, 5.41) is 3.05. The third-order valence-electron chi connectivity index (χ3n) is 4.86. The molecule has 0 fully saturated rings. The van der Waals surface area contributed by atoms with E-state index in [1.54, 1.807) is 12.1 Å². The number of carbonyl (C=O) groups excluding carboxylic acids is 1. The first-order valence-corrected chi connectivity index (χ1v) is 12.4. The first-order chi connectivity index (χ1) is 14.8. The van der Waals surface area contributed by atoms with Crippen molar-refractivity contribution in [2.24, 2.45) is 0 Å². The molecule has 2 rings (SSSR count). The lowest BCUT2D eigenvalue weighted by Crippen LogP contribution is -2.48. The van der Waals surface area contributed by atoms with Crippen LogP contribution in [0.15, 0.2) is 42.5 Å². The van der Waals surface area contributed by atoms with Crippen LogP contribution in [0.4, 0.5) is 5.69 Å². The number of carbonyl (C=O) groups is 1. The van der Waals surface area contributed by atoms with Crippen molar-refractivity contribution < 1.29 is 22.7 Å². The van der Waals surface area contributed by atoms with Crippen LogP contribution in [0.1, 0.15) is 33.3 Å². The molecule has 2 aromatic carbocycles. The maximum atomic E-state index is 12.7. The molecular formula is C23H31ClN2O5S. The Hall–Kier alpha value is -2.45. The molecule has 0 radical (unpaired) electrons. The third-order valence-corrected chi connectivity index (χ3v) is 6.32. The van der Waals surface area contributed by atoms with Gasteiger partial charge in [0.05, 0.1) is 25.6 Å². The van der Waals surface area contributed by atoms with Gasteiger partial charge >= 0.3 is 0 Å². The molecule has 0 aliphatic rings. The number of sulfonamides is 1. The summed E-state index contributed by atoms with van der Waals surface area (Å²) in [5.74, 6) is 0.521. The smallest absolute Gasteiger partial charge is 0.243 e. The summed E-state index contributed by atoms with van der Waals surface area (Å²) in [6.45, 7) is 8.37. The van der Waals surface area contributed by atoms with Crippen LogP contribution < -0.4 is 19.1 Å². The summed E-state index contributed by atoms with van der Waals surface area (Å²) >= 11 is 6.05. The minimum Gasteiger partial charge on any atom is -0.495 e. The molecule has 7 nitrogen and oxygen atoms in total. The van der Waals surface area contributed by atoms with Crippen molar-refractivity contribution in [2.75, 3.05) is 30.8 Å². The lowest BCUT2D eigenvalue weighted by molar-refractivity contribution is -0.121. The van der Waals surface area contributed by atoms with Gasteiger partial charge in [0, 0.05) is 5.02 Å². The van der Waals surface area contributed by atoms with Crippen molar-refractivity contribution in [1.82, 2.24) is 5.32 Å². The Morgan fingerprint density at radius 2 is 1.78 bits per heavy atom. The Morgan fingerprint density at radius 3 is 2.31 bits per heavy atom. The molecule has 1 N–H and O–H groups in total. The molecule has 0 bridgehead atoms. The first-order valence-electron chi connectivity index (χ1n) is 10.2. The molecule has 0 saturated heterocycles. The van der Waals surface area contributed by atoms with Crippen LogP contribution in [-0.2, 0) is 20.2 Å². The van der Waals surface area contributed by atoms with E-state index in [4.69, 9.17) is 21.1 Å². The van der Waals surface area contributed by atoms with Crippen molar-refractivity contribution in [3.05, 3.63) is 53.1 Å². The normalized spacial score (nSPS) is 12.7. The Balaban J connectivity index is 2.03. The molecule has 176 valence electrons. The molecule has 0 aliphatic heterocycles.